The van der Waals surface area contributed by atoms with Crippen molar-refractivity contribution in [3.05, 3.63) is 344 Å². The quantitative estimate of drug-likeness (QED) is 0.131. The molecular formula is C97H56ClN5S2. The maximum absolute atomic E-state index is 6.40. The maximum Gasteiger partial charge on any atom is 0.235 e. The zero-order valence-electron chi connectivity index (χ0n) is 56.3. The van der Waals surface area contributed by atoms with Crippen molar-refractivity contribution in [1.29, 1.82) is 0 Å². The van der Waals surface area contributed by atoms with Crippen LogP contribution in [-0.2, 0) is 6.42 Å². The summed E-state index contributed by atoms with van der Waals surface area (Å²) in [4.78, 5) is 20.3. The molecule has 0 spiro atoms. The molecule has 23 aromatic rings. The Morgan fingerprint density at radius 2 is 0.686 bits per heavy atom. The van der Waals surface area contributed by atoms with Crippen LogP contribution in [0.3, 0.4) is 0 Å². The van der Waals surface area contributed by atoms with Crippen LogP contribution in [0.1, 0.15) is 11.1 Å². The van der Waals surface area contributed by atoms with Gasteiger partial charge >= 0.3 is 0 Å². The van der Waals surface area contributed by atoms with Crippen LogP contribution in [-0.4, -0.2) is 24.5 Å². The third-order valence-electron chi connectivity index (χ3n) is 21.8. The Balaban J connectivity index is 0.000000110. The Morgan fingerprint density at radius 3 is 1.24 bits per heavy atom. The number of hydrogen-bond acceptors (Lipinski definition) is 6. The summed E-state index contributed by atoms with van der Waals surface area (Å²) in [7, 11) is 0. The van der Waals surface area contributed by atoms with Gasteiger partial charge in [-0.15, -0.1) is 22.7 Å². The molecule has 0 fully saturated rings. The fourth-order valence-corrected chi connectivity index (χ4v) is 19.6. The first-order valence-electron chi connectivity index (χ1n) is 35.6. The zero-order chi connectivity index (χ0) is 69.0. The van der Waals surface area contributed by atoms with Crippen LogP contribution in [0, 0.1) is 0 Å². The van der Waals surface area contributed by atoms with E-state index in [2.05, 4.69) is 336 Å². The predicted octanol–water partition coefficient (Wildman–Crippen LogP) is 27.6. The molecule has 488 valence electrons. The molecule has 1 aliphatic rings. The van der Waals surface area contributed by atoms with Crippen LogP contribution < -0.4 is 0 Å². The number of hydrogen-bond donors (Lipinski definition) is 0. The summed E-state index contributed by atoms with van der Waals surface area (Å²) in [6.45, 7) is 0. The molecule has 0 bridgehead atoms. The van der Waals surface area contributed by atoms with Gasteiger partial charge in [-0.1, -0.05) is 279 Å². The Morgan fingerprint density at radius 1 is 0.276 bits per heavy atom. The lowest BCUT2D eigenvalue weighted by molar-refractivity contribution is 1.02. The molecule has 0 amide bonds. The molecular weight excluding hydrogens is 1330 g/mol. The molecule has 5 aromatic heterocycles. The summed E-state index contributed by atoms with van der Waals surface area (Å²) < 4.78 is 6.87. The Hall–Kier alpha value is -12.8. The number of rotatable bonds is 3. The van der Waals surface area contributed by atoms with E-state index >= 15 is 0 Å². The fourth-order valence-electron chi connectivity index (χ4n) is 17.1. The minimum atomic E-state index is 0.277. The smallest absolute Gasteiger partial charge is 0.235 e. The number of benzene rings is 18. The maximum atomic E-state index is 6.40. The van der Waals surface area contributed by atoms with Crippen LogP contribution in [0.15, 0.2) is 328 Å². The molecule has 0 saturated heterocycles. The van der Waals surface area contributed by atoms with Crippen LogP contribution in [0.4, 0.5) is 0 Å². The lowest BCUT2D eigenvalue weighted by Gasteiger charge is -2.13. The number of nitrogens with zero attached hydrogens (tertiary/aromatic N) is 5. The topological polar surface area (TPSA) is 56.5 Å². The second-order valence-corrected chi connectivity index (χ2v) is 30.0. The van der Waals surface area contributed by atoms with Crippen LogP contribution >= 0.6 is 34.3 Å². The van der Waals surface area contributed by atoms with Crippen LogP contribution in [0.25, 0.3) is 210 Å². The van der Waals surface area contributed by atoms with Gasteiger partial charge in [-0.3, -0.25) is 4.57 Å². The highest BCUT2D eigenvalue weighted by Crippen LogP contribution is 2.48. The Labute approximate surface area is 614 Å². The molecule has 24 rings (SSSR count). The van der Waals surface area contributed by atoms with E-state index in [9.17, 15) is 0 Å². The van der Waals surface area contributed by atoms with E-state index in [-0.39, 0.29) is 5.28 Å². The minimum absolute atomic E-state index is 0.277. The zero-order valence-corrected chi connectivity index (χ0v) is 58.7. The summed E-state index contributed by atoms with van der Waals surface area (Å²) in [6, 6.07) is 118. The van der Waals surface area contributed by atoms with E-state index in [1.54, 1.807) is 22.7 Å². The third-order valence-corrected chi connectivity index (χ3v) is 24.3. The second kappa shape index (κ2) is 23.7. The molecule has 5 nitrogen and oxygen atoms in total. The summed E-state index contributed by atoms with van der Waals surface area (Å²) in [5.41, 5.74) is 13.9. The molecule has 1 aliphatic carbocycles. The Kier molecular flexibility index (Phi) is 13.5. The van der Waals surface area contributed by atoms with Crippen molar-refractivity contribution in [2.45, 2.75) is 6.42 Å². The number of fused-ring (bicyclic) bond motifs is 30. The first-order valence-corrected chi connectivity index (χ1v) is 37.6. The highest BCUT2D eigenvalue weighted by atomic mass is 35.5. The molecule has 105 heavy (non-hydrogen) atoms. The van der Waals surface area contributed by atoms with E-state index in [1.165, 1.54) is 150 Å². The van der Waals surface area contributed by atoms with Crippen molar-refractivity contribution < 1.29 is 0 Å². The molecule has 18 aromatic carbocycles. The van der Waals surface area contributed by atoms with Gasteiger partial charge in [0.1, 0.15) is 0 Å². The van der Waals surface area contributed by atoms with Gasteiger partial charge in [-0.2, -0.15) is 0 Å². The number of aromatic nitrogens is 5. The monoisotopic (exact) mass is 1390 g/mol. The van der Waals surface area contributed by atoms with E-state index in [4.69, 9.17) is 21.6 Å². The van der Waals surface area contributed by atoms with Crippen LogP contribution in [0.5, 0.6) is 0 Å². The molecule has 0 radical (unpaired) electrons. The number of thiophene rings is 2. The van der Waals surface area contributed by atoms with E-state index in [0.717, 1.165) is 71.2 Å². The average molecular weight is 1390 g/mol. The van der Waals surface area contributed by atoms with Crippen molar-refractivity contribution in [2.75, 3.05) is 0 Å². The van der Waals surface area contributed by atoms with Gasteiger partial charge in [0.25, 0.3) is 0 Å². The highest BCUT2D eigenvalue weighted by molar-refractivity contribution is 7.26. The minimum Gasteiger partial charge on any atom is -0.278 e. The first kappa shape index (κ1) is 59.9. The molecule has 0 atom stereocenters. The lowest BCUT2D eigenvalue weighted by atomic mass is 9.93. The summed E-state index contributed by atoms with van der Waals surface area (Å²) in [5, 5.41) is 30.3. The number of halogens is 1. The SMILES string of the molecule is Clc1nc(-c2ccc3c4ccccc4c4ccccc4c3c2)c2sc3ccccc3c2n1.c1ccc2cc3c(cc2c1)Cc1ccc2ccccc2c1-3.c1ccc2cc3c(cc2c1)c1c2ccccc2ccc1n3-c1nc(-c2ccc3c4ccccc4c4ccccc4c3c2)c2sc3ccccc3c2n1. The first-order chi connectivity index (χ1) is 52.0. The molecule has 0 unspecified atom stereocenters. The van der Waals surface area contributed by atoms with Crippen molar-refractivity contribution in [3.63, 3.8) is 0 Å². The van der Waals surface area contributed by atoms with Gasteiger partial charge in [-0.05, 0) is 197 Å². The molecule has 8 heteroatoms. The average Bonchev–Trinajstić information content (AvgIpc) is 1.73. The van der Waals surface area contributed by atoms with Crippen molar-refractivity contribution in [1.82, 2.24) is 24.5 Å². The lowest BCUT2D eigenvalue weighted by Crippen LogP contribution is -2.02. The highest BCUT2D eigenvalue weighted by Gasteiger charge is 2.25. The molecule has 0 aliphatic heterocycles. The van der Waals surface area contributed by atoms with Gasteiger partial charge in [0.15, 0.2) is 0 Å². The van der Waals surface area contributed by atoms with Gasteiger partial charge in [0.2, 0.25) is 11.2 Å². The normalized spacial score (nSPS) is 12.2. The van der Waals surface area contributed by atoms with Gasteiger partial charge < -0.3 is 0 Å². The predicted molar refractivity (Wildman–Crippen MR) is 450 cm³/mol. The van der Waals surface area contributed by atoms with E-state index in [0.29, 0.717) is 5.95 Å². The largest absolute Gasteiger partial charge is 0.278 e. The van der Waals surface area contributed by atoms with Crippen molar-refractivity contribution >= 4 is 204 Å². The fraction of sp³-hybridized carbons (Fsp3) is 0.0103. The third kappa shape index (κ3) is 9.46. The molecule has 0 N–H and O–H groups in total. The van der Waals surface area contributed by atoms with Crippen molar-refractivity contribution in [3.8, 4) is 39.6 Å². The van der Waals surface area contributed by atoms with E-state index < -0.39 is 0 Å². The summed E-state index contributed by atoms with van der Waals surface area (Å²) in [6.07, 6.45) is 1.06. The van der Waals surface area contributed by atoms with Gasteiger partial charge in [0, 0.05) is 42.1 Å². The van der Waals surface area contributed by atoms with Gasteiger partial charge in [0.05, 0.1) is 42.9 Å². The second-order valence-electron chi connectivity index (χ2n) is 27.6. The van der Waals surface area contributed by atoms with Crippen molar-refractivity contribution in [2.24, 2.45) is 0 Å². The molecule has 0 saturated carbocycles. The molecule has 5 heterocycles. The summed E-state index contributed by atoms with van der Waals surface area (Å²) in [5.74, 6) is 0.681. The summed E-state index contributed by atoms with van der Waals surface area (Å²) >= 11 is 9.90. The van der Waals surface area contributed by atoms with Gasteiger partial charge in [-0.25, -0.2) is 19.9 Å². The Bertz CT molecular complexity index is 7610. The van der Waals surface area contributed by atoms with Crippen LogP contribution in [0.2, 0.25) is 5.28 Å². The van der Waals surface area contributed by atoms with E-state index in [1.807, 2.05) is 6.07 Å². The standard InChI is InChI=1S/C48H27N3S.C28H15ClN2S.C21H14/c1-2-13-30-27-42-40(25-29(30)12-1)44-32-14-4-3-11-28(32)22-24-41(44)51(42)48-49-45(47-46(50-48)38-19-9-10-20-43(38)52-47)31-21-23-37-35-17-6-5-15-33(35)34-16-7-8-18-36(34)39(37)26-31;29-28-30-25(27-26(31-28)22-11-5-6-12-24(22)32-27)16-13-14-21-19-9-2-1-7-17(19)18-8-3-4-10-20(18)23(21)15-16;1-2-7-16-13-20-18(11-15(16)6-1)12-17-10-9-14-5-3-4-8-19(14)21(17)20/h1-27H;1-15H;1-11,13H,12H2.